The average molecular weight is 292 g/mol. The molecule has 3 rings (SSSR count). The average Bonchev–Trinajstić information content (AvgIpc) is 2.56. The van der Waals surface area contributed by atoms with Gasteiger partial charge in [0.15, 0.2) is 0 Å². The van der Waals surface area contributed by atoms with Crippen LogP contribution in [-0.4, -0.2) is 17.1 Å². The van der Waals surface area contributed by atoms with Crippen molar-refractivity contribution in [1.82, 2.24) is 9.97 Å². The van der Waals surface area contributed by atoms with E-state index in [0.29, 0.717) is 0 Å². The molecule has 22 heavy (non-hydrogen) atoms. The quantitative estimate of drug-likeness (QED) is 0.726. The Morgan fingerprint density at radius 3 is 2.59 bits per heavy atom. The highest BCUT2D eigenvalue weighted by atomic mass is 16.5. The standard InChI is InChI=1S/C19H20N2O/c1-4-15-10-18-17(11-19(15)22-3)16(7-8-20-18)9-14-6-5-13(2)21-12-14/h5-8,10-12H,4,9H2,1-3H3. The molecule has 2 aromatic heterocycles. The summed E-state index contributed by atoms with van der Waals surface area (Å²) in [7, 11) is 1.72. The zero-order valence-electron chi connectivity index (χ0n) is 13.3. The second kappa shape index (κ2) is 6.14. The Kier molecular flexibility index (Phi) is 4.05. The van der Waals surface area contributed by atoms with Gasteiger partial charge in [0.1, 0.15) is 5.75 Å². The van der Waals surface area contributed by atoms with Gasteiger partial charge in [0.05, 0.1) is 12.6 Å². The second-order valence-electron chi connectivity index (χ2n) is 5.49. The van der Waals surface area contributed by atoms with Crippen molar-refractivity contribution in [2.75, 3.05) is 7.11 Å². The summed E-state index contributed by atoms with van der Waals surface area (Å²) in [5, 5.41) is 1.15. The minimum absolute atomic E-state index is 0.848. The molecule has 2 heterocycles. The number of fused-ring (bicyclic) bond motifs is 1. The van der Waals surface area contributed by atoms with Gasteiger partial charge in [-0.15, -0.1) is 0 Å². The molecule has 0 fully saturated rings. The summed E-state index contributed by atoms with van der Waals surface area (Å²) in [6.45, 7) is 4.13. The van der Waals surface area contributed by atoms with Crippen molar-refractivity contribution >= 4 is 10.9 Å². The molecule has 0 aliphatic carbocycles. The Balaban J connectivity index is 2.07. The van der Waals surface area contributed by atoms with Crippen LogP contribution in [0.15, 0.2) is 42.7 Å². The summed E-state index contributed by atoms with van der Waals surface area (Å²) < 4.78 is 5.53. The normalized spacial score (nSPS) is 10.9. The van der Waals surface area contributed by atoms with Gasteiger partial charge in [-0.25, -0.2) is 0 Å². The molecule has 0 saturated heterocycles. The Bertz CT molecular complexity index is 794. The van der Waals surface area contributed by atoms with Crippen LogP contribution in [0, 0.1) is 6.92 Å². The number of rotatable bonds is 4. The lowest BCUT2D eigenvalue weighted by atomic mass is 10.00. The molecule has 0 atom stereocenters. The molecule has 0 unspecified atom stereocenters. The summed E-state index contributed by atoms with van der Waals surface area (Å²) in [6.07, 6.45) is 5.61. The molecule has 0 radical (unpaired) electrons. The van der Waals surface area contributed by atoms with E-state index in [0.717, 1.165) is 35.2 Å². The minimum Gasteiger partial charge on any atom is -0.496 e. The van der Waals surface area contributed by atoms with Crippen molar-refractivity contribution in [2.24, 2.45) is 0 Å². The summed E-state index contributed by atoms with van der Waals surface area (Å²) >= 11 is 0. The topological polar surface area (TPSA) is 35.0 Å². The van der Waals surface area contributed by atoms with Crippen LogP contribution in [0.5, 0.6) is 5.75 Å². The fourth-order valence-corrected chi connectivity index (χ4v) is 2.72. The van der Waals surface area contributed by atoms with E-state index in [1.165, 1.54) is 16.7 Å². The Morgan fingerprint density at radius 2 is 1.91 bits per heavy atom. The van der Waals surface area contributed by atoms with Crippen LogP contribution < -0.4 is 4.74 Å². The highest BCUT2D eigenvalue weighted by Gasteiger charge is 2.09. The molecule has 0 spiro atoms. The number of ether oxygens (including phenoxy) is 1. The molecule has 0 bridgehead atoms. The molecular formula is C19H20N2O. The SMILES string of the molecule is CCc1cc2nccc(Cc3ccc(C)nc3)c2cc1OC. The van der Waals surface area contributed by atoms with Crippen LogP contribution in [-0.2, 0) is 12.8 Å². The monoisotopic (exact) mass is 292 g/mol. The number of hydrogen-bond donors (Lipinski definition) is 0. The first-order valence-electron chi connectivity index (χ1n) is 7.57. The van der Waals surface area contributed by atoms with E-state index in [-0.39, 0.29) is 0 Å². The van der Waals surface area contributed by atoms with Crippen LogP contribution in [0.4, 0.5) is 0 Å². The predicted molar refractivity (Wildman–Crippen MR) is 89.5 cm³/mol. The van der Waals surface area contributed by atoms with Gasteiger partial charge < -0.3 is 4.74 Å². The zero-order valence-corrected chi connectivity index (χ0v) is 13.3. The van der Waals surface area contributed by atoms with Gasteiger partial charge in [-0.05, 0) is 60.7 Å². The molecule has 3 aromatic rings. The Hall–Kier alpha value is -2.42. The first kappa shape index (κ1) is 14.5. The molecule has 0 aliphatic heterocycles. The van der Waals surface area contributed by atoms with Crippen molar-refractivity contribution in [1.29, 1.82) is 0 Å². The summed E-state index contributed by atoms with van der Waals surface area (Å²) in [5.74, 6) is 0.936. The highest BCUT2D eigenvalue weighted by molar-refractivity contribution is 5.85. The van der Waals surface area contributed by atoms with E-state index >= 15 is 0 Å². The van der Waals surface area contributed by atoms with E-state index < -0.39 is 0 Å². The van der Waals surface area contributed by atoms with Crippen LogP contribution in [0.2, 0.25) is 0 Å². The molecule has 3 heteroatoms. The highest BCUT2D eigenvalue weighted by Crippen LogP contribution is 2.28. The van der Waals surface area contributed by atoms with Crippen molar-refractivity contribution in [3.8, 4) is 5.75 Å². The van der Waals surface area contributed by atoms with Crippen molar-refractivity contribution in [2.45, 2.75) is 26.7 Å². The molecule has 0 saturated carbocycles. The van der Waals surface area contributed by atoms with Crippen molar-refractivity contribution in [3.63, 3.8) is 0 Å². The first-order chi connectivity index (χ1) is 10.7. The predicted octanol–water partition coefficient (Wildman–Crippen LogP) is 4.10. The van der Waals surface area contributed by atoms with Crippen LogP contribution in [0.1, 0.15) is 29.3 Å². The largest absolute Gasteiger partial charge is 0.496 e. The third kappa shape index (κ3) is 2.80. The lowest BCUT2D eigenvalue weighted by Crippen LogP contribution is -1.96. The summed E-state index contributed by atoms with van der Waals surface area (Å²) in [4.78, 5) is 8.89. The Morgan fingerprint density at radius 1 is 1.05 bits per heavy atom. The lowest BCUT2D eigenvalue weighted by Gasteiger charge is -2.11. The maximum Gasteiger partial charge on any atom is 0.122 e. The number of hydrogen-bond acceptors (Lipinski definition) is 3. The number of methoxy groups -OCH3 is 1. The third-order valence-electron chi connectivity index (χ3n) is 3.98. The van der Waals surface area contributed by atoms with Gasteiger partial charge in [0.2, 0.25) is 0 Å². The molecule has 112 valence electrons. The third-order valence-corrected chi connectivity index (χ3v) is 3.98. The van der Waals surface area contributed by atoms with Gasteiger partial charge >= 0.3 is 0 Å². The van der Waals surface area contributed by atoms with E-state index in [1.807, 2.05) is 19.3 Å². The van der Waals surface area contributed by atoms with Gasteiger partial charge in [0.25, 0.3) is 0 Å². The molecule has 3 nitrogen and oxygen atoms in total. The molecule has 1 aromatic carbocycles. The number of pyridine rings is 2. The second-order valence-corrected chi connectivity index (χ2v) is 5.49. The van der Waals surface area contributed by atoms with Crippen LogP contribution in [0.25, 0.3) is 10.9 Å². The molecule has 0 amide bonds. The smallest absolute Gasteiger partial charge is 0.122 e. The van der Waals surface area contributed by atoms with Crippen LogP contribution >= 0.6 is 0 Å². The lowest BCUT2D eigenvalue weighted by molar-refractivity contribution is 0.411. The summed E-state index contributed by atoms with van der Waals surface area (Å²) in [6, 6.07) is 10.5. The first-order valence-corrected chi connectivity index (χ1v) is 7.57. The number of nitrogens with zero attached hydrogens (tertiary/aromatic N) is 2. The van der Waals surface area contributed by atoms with Gasteiger partial charge in [0, 0.05) is 23.5 Å². The van der Waals surface area contributed by atoms with Crippen molar-refractivity contribution in [3.05, 3.63) is 65.1 Å². The Labute approximate surface area is 131 Å². The minimum atomic E-state index is 0.848. The van der Waals surface area contributed by atoms with E-state index in [9.17, 15) is 0 Å². The van der Waals surface area contributed by atoms with Crippen molar-refractivity contribution < 1.29 is 4.74 Å². The number of benzene rings is 1. The fraction of sp³-hybridized carbons (Fsp3) is 0.263. The van der Waals surface area contributed by atoms with Crippen LogP contribution in [0.3, 0.4) is 0 Å². The van der Waals surface area contributed by atoms with E-state index in [2.05, 4.69) is 47.2 Å². The van der Waals surface area contributed by atoms with E-state index in [4.69, 9.17) is 4.74 Å². The number of aryl methyl sites for hydroxylation is 2. The zero-order chi connectivity index (χ0) is 15.5. The van der Waals surface area contributed by atoms with Gasteiger partial charge in [-0.2, -0.15) is 0 Å². The molecule has 0 aliphatic rings. The maximum absolute atomic E-state index is 5.53. The summed E-state index contributed by atoms with van der Waals surface area (Å²) in [5.41, 5.74) is 5.71. The molecular weight excluding hydrogens is 272 g/mol. The number of aromatic nitrogens is 2. The molecule has 0 N–H and O–H groups in total. The van der Waals surface area contributed by atoms with E-state index in [1.54, 1.807) is 7.11 Å². The maximum atomic E-state index is 5.53. The van der Waals surface area contributed by atoms with Gasteiger partial charge in [-0.3, -0.25) is 9.97 Å². The van der Waals surface area contributed by atoms with Gasteiger partial charge in [-0.1, -0.05) is 13.0 Å². The fourth-order valence-electron chi connectivity index (χ4n) is 2.72.